The molecule has 1 aliphatic rings. The van der Waals surface area contributed by atoms with E-state index >= 15 is 0 Å². The number of furan rings is 1. The first-order valence-electron chi connectivity index (χ1n) is 10.3. The fourth-order valence-corrected chi connectivity index (χ4v) is 5.34. The van der Waals surface area contributed by atoms with Gasteiger partial charge in [-0.2, -0.15) is 8.42 Å². The van der Waals surface area contributed by atoms with Crippen LogP contribution in [0.15, 0.2) is 98.8 Å². The molecule has 1 aliphatic heterocycles. The maximum absolute atomic E-state index is 12.6. The third-order valence-corrected chi connectivity index (χ3v) is 7.15. The van der Waals surface area contributed by atoms with Gasteiger partial charge < -0.3 is 14.1 Å². The molecule has 0 spiro atoms. The van der Waals surface area contributed by atoms with Crippen LogP contribution in [0.3, 0.4) is 0 Å². The number of anilines is 1. The topological polar surface area (TPSA) is 89.2 Å². The molecule has 176 valence electrons. The summed E-state index contributed by atoms with van der Waals surface area (Å²) in [5, 5.41) is 0.592. The molecule has 3 aromatic carbocycles. The van der Waals surface area contributed by atoms with Gasteiger partial charge in [-0.25, -0.2) is 4.79 Å². The first kappa shape index (κ1) is 23.2. The molecule has 7 nitrogen and oxygen atoms in total. The van der Waals surface area contributed by atoms with Gasteiger partial charge in [-0.1, -0.05) is 35.3 Å². The predicted molar refractivity (Wildman–Crippen MR) is 133 cm³/mol. The van der Waals surface area contributed by atoms with Crippen LogP contribution in [0.1, 0.15) is 21.7 Å². The number of fused-ring (bicyclic) bond motifs is 1. The van der Waals surface area contributed by atoms with Crippen molar-refractivity contribution >= 4 is 50.7 Å². The van der Waals surface area contributed by atoms with E-state index in [-0.39, 0.29) is 33.6 Å². The van der Waals surface area contributed by atoms with Crippen molar-refractivity contribution in [1.29, 1.82) is 0 Å². The fourth-order valence-electron chi connectivity index (χ4n) is 3.64. The maximum atomic E-state index is 12.6. The van der Waals surface area contributed by atoms with Crippen LogP contribution < -0.4 is 9.64 Å². The van der Waals surface area contributed by atoms with Gasteiger partial charge in [0, 0.05) is 16.3 Å². The SMILES string of the molecule is O=C(Oc1ccc(N(Cc2ccco2)C2=NS(=O)(=O)c3ccccc32)cc1)c1ccc(Cl)cc1Cl. The minimum absolute atomic E-state index is 0.143. The Morgan fingerprint density at radius 1 is 0.971 bits per heavy atom. The first-order valence-corrected chi connectivity index (χ1v) is 12.5. The number of sulfonamides is 1. The average molecular weight is 527 g/mol. The van der Waals surface area contributed by atoms with E-state index in [1.54, 1.807) is 71.8 Å². The van der Waals surface area contributed by atoms with Gasteiger partial charge in [-0.05, 0) is 66.7 Å². The largest absolute Gasteiger partial charge is 0.467 e. The predicted octanol–water partition coefficient (Wildman–Crippen LogP) is 5.96. The average Bonchev–Trinajstić information content (AvgIpc) is 3.44. The van der Waals surface area contributed by atoms with Gasteiger partial charge in [0.05, 0.1) is 23.4 Å². The van der Waals surface area contributed by atoms with E-state index in [0.29, 0.717) is 22.0 Å². The van der Waals surface area contributed by atoms with Gasteiger partial charge >= 0.3 is 5.97 Å². The van der Waals surface area contributed by atoms with Gasteiger partial charge in [0.15, 0.2) is 5.84 Å². The number of hydrogen-bond acceptors (Lipinski definition) is 6. The zero-order chi connectivity index (χ0) is 24.6. The van der Waals surface area contributed by atoms with Crippen LogP contribution in [-0.2, 0) is 16.6 Å². The molecule has 0 atom stereocenters. The normalized spacial score (nSPS) is 13.7. The summed E-state index contributed by atoms with van der Waals surface area (Å²) in [5.74, 6) is 0.535. The molecular formula is C25H16Cl2N2O5S. The summed E-state index contributed by atoms with van der Waals surface area (Å²) in [4.78, 5) is 14.4. The molecule has 35 heavy (non-hydrogen) atoms. The van der Waals surface area contributed by atoms with E-state index in [9.17, 15) is 13.2 Å². The van der Waals surface area contributed by atoms with Gasteiger partial charge in [0.2, 0.25) is 0 Å². The molecule has 0 unspecified atom stereocenters. The molecule has 0 saturated heterocycles. The van der Waals surface area contributed by atoms with E-state index in [0.717, 1.165) is 0 Å². The van der Waals surface area contributed by atoms with Crippen LogP contribution in [0.2, 0.25) is 10.0 Å². The van der Waals surface area contributed by atoms with Gasteiger partial charge in [0.1, 0.15) is 16.4 Å². The van der Waals surface area contributed by atoms with E-state index < -0.39 is 16.0 Å². The van der Waals surface area contributed by atoms with Crippen LogP contribution in [0, 0.1) is 0 Å². The molecule has 2 heterocycles. The highest BCUT2D eigenvalue weighted by Gasteiger charge is 2.32. The summed E-state index contributed by atoms with van der Waals surface area (Å²) in [6, 6.07) is 21.3. The summed E-state index contributed by atoms with van der Waals surface area (Å²) in [6.07, 6.45) is 1.54. The second kappa shape index (κ2) is 9.22. The van der Waals surface area contributed by atoms with Crippen molar-refractivity contribution in [3.05, 3.63) is 112 Å². The molecule has 10 heteroatoms. The summed E-state index contributed by atoms with van der Waals surface area (Å²) in [6.45, 7) is 0.231. The molecule has 0 amide bonds. The summed E-state index contributed by atoms with van der Waals surface area (Å²) < 4.78 is 40.3. The second-order valence-corrected chi connectivity index (χ2v) is 9.98. The highest BCUT2D eigenvalue weighted by molar-refractivity contribution is 7.90. The Bertz CT molecular complexity index is 1550. The fraction of sp³-hybridized carbons (Fsp3) is 0.0400. The monoisotopic (exact) mass is 526 g/mol. The van der Waals surface area contributed by atoms with Crippen molar-refractivity contribution in [3.8, 4) is 5.75 Å². The molecule has 4 aromatic rings. The van der Waals surface area contributed by atoms with E-state index in [2.05, 4.69) is 4.40 Å². The molecule has 0 aliphatic carbocycles. The maximum Gasteiger partial charge on any atom is 0.345 e. The quantitative estimate of drug-likeness (QED) is 0.235. The number of halogens is 2. The van der Waals surface area contributed by atoms with E-state index in [4.69, 9.17) is 32.4 Å². The summed E-state index contributed by atoms with van der Waals surface area (Å²) in [7, 11) is -3.82. The Kier molecular flexibility index (Phi) is 6.10. The van der Waals surface area contributed by atoms with Crippen molar-refractivity contribution in [3.63, 3.8) is 0 Å². The third-order valence-electron chi connectivity index (χ3n) is 5.27. The Hall–Kier alpha value is -3.59. The number of rotatable bonds is 5. The lowest BCUT2D eigenvalue weighted by Crippen LogP contribution is -2.30. The molecular weight excluding hydrogens is 511 g/mol. The number of carbonyl (C=O) groups excluding carboxylic acids is 1. The number of nitrogens with zero attached hydrogens (tertiary/aromatic N) is 2. The van der Waals surface area contributed by atoms with Gasteiger partial charge in [0.25, 0.3) is 10.0 Å². The Morgan fingerprint density at radius 2 is 1.74 bits per heavy atom. The van der Waals surface area contributed by atoms with Crippen molar-refractivity contribution in [1.82, 2.24) is 0 Å². The van der Waals surface area contributed by atoms with Crippen molar-refractivity contribution in [2.24, 2.45) is 4.40 Å². The number of hydrogen-bond donors (Lipinski definition) is 0. The molecule has 5 rings (SSSR count). The van der Waals surface area contributed by atoms with Crippen molar-refractivity contribution in [2.45, 2.75) is 11.4 Å². The van der Waals surface area contributed by atoms with Gasteiger partial charge in [-0.15, -0.1) is 4.40 Å². The Morgan fingerprint density at radius 3 is 2.46 bits per heavy atom. The Balaban J connectivity index is 1.46. The number of carbonyl (C=O) groups is 1. The zero-order valence-electron chi connectivity index (χ0n) is 17.9. The highest BCUT2D eigenvalue weighted by atomic mass is 35.5. The Labute approximate surface area is 211 Å². The second-order valence-electron chi connectivity index (χ2n) is 7.56. The molecule has 0 saturated carbocycles. The minimum Gasteiger partial charge on any atom is -0.467 e. The van der Waals surface area contributed by atoms with E-state index in [1.807, 2.05) is 0 Å². The lowest BCUT2D eigenvalue weighted by atomic mass is 10.1. The highest BCUT2D eigenvalue weighted by Crippen LogP contribution is 2.32. The number of ether oxygens (including phenoxy) is 1. The van der Waals surface area contributed by atoms with Crippen molar-refractivity contribution in [2.75, 3.05) is 4.90 Å². The van der Waals surface area contributed by atoms with Crippen LogP contribution in [0.4, 0.5) is 5.69 Å². The standard InChI is InChI=1S/C25H16Cl2N2O5S/c26-16-7-12-20(22(27)14-16)25(30)34-18-10-8-17(9-11-18)29(15-19-4-3-13-33-19)24-21-5-1-2-6-23(21)35(31,32)28-24/h1-14H,15H2. The number of amidine groups is 1. The van der Waals surface area contributed by atoms with Crippen molar-refractivity contribution < 1.29 is 22.4 Å². The lowest BCUT2D eigenvalue weighted by Gasteiger charge is -2.24. The summed E-state index contributed by atoms with van der Waals surface area (Å²) in [5.41, 5.74) is 1.30. The number of benzene rings is 3. The van der Waals surface area contributed by atoms with Crippen LogP contribution in [0.25, 0.3) is 0 Å². The van der Waals surface area contributed by atoms with Crippen LogP contribution >= 0.6 is 23.2 Å². The lowest BCUT2D eigenvalue weighted by molar-refractivity contribution is 0.0735. The molecule has 1 aromatic heterocycles. The molecule has 0 radical (unpaired) electrons. The van der Waals surface area contributed by atoms with E-state index in [1.165, 1.54) is 18.2 Å². The summed E-state index contributed by atoms with van der Waals surface area (Å²) >= 11 is 12.0. The minimum atomic E-state index is -3.82. The zero-order valence-corrected chi connectivity index (χ0v) is 20.2. The van der Waals surface area contributed by atoms with Crippen LogP contribution in [0.5, 0.6) is 5.75 Å². The molecule has 0 N–H and O–H groups in total. The third kappa shape index (κ3) is 4.68. The first-order chi connectivity index (χ1) is 16.8. The molecule has 0 fully saturated rings. The van der Waals surface area contributed by atoms with Crippen LogP contribution in [-0.4, -0.2) is 20.2 Å². The smallest absolute Gasteiger partial charge is 0.345 e. The number of esters is 1. The van der Waals surface area contributed by atoms with Gasteiger partial charge in [-0.3, -0.25) is 0 Å². The molecule has 0 bridgehead atoms.